The first-order chi connectivity index (χ1) is 11.1. The Morgan fingerprint density at radius 1 is 0.792 bits per heavy atom. The molecule has 3 N–H and O–H groups in total. The Labute approximate surface area is 150 Å². The van der Waals surface area contributed by atoms with Crippen molar-refractivity contribution in [3.8, 4) is 0 Å². The number of rotatable bonds is 15. The summed E-state index contributed by atoms with van der Waals surface area (Å²) < 4.78 is 32.8. The lowest BCUT2D eigenvalue weighted by Crippen LogP contribution is -2.57. The molecular weight excluding hydrogens is 322 g/mol. The summed E-state index contributed by atoms with van der Waals surface area (Å²) in [6, 6.07) is 0. The van der Waals surface area contributed by atoms with Gasteiger partial charge < -0.3 is 5.73 Å². The highest BCUT2D eigenvalue weighted by atomic mass is 32.2. The number of hydrogen-bond donors (Lipinski definition) is 2. The Bertz CT molecular complexity index is 420. The molecule has 1 atom stereocenters. The molecule has 0 saturated heterocycles. The maximum Gasteiger partial charge on any atom is 0.284 e. The van der Waals surface area contributed by atoms with Gasteiger partial charge in [-0.15, -0.1) is 0 Å². The molecule has 0 bridgehead atoms. The van der Waals surface area contributed by atoms with Crippen LogP contribution in [0, 0.1) is 5.41 Å². The van der Waals surface area contributed by atoms with Crippen molar-refractivity contribution in [1.82, 2.24) is 0 Å². The summed E-state index contributed by atoms with van der Waals surface area (Å²) in [6.07, 6.45) is 14.8. The molecule has 0 saturated carbocycles. The molecule has 0 heterocycles. The van der Waals surface area contributed by atoms with Gasteiger partial charge in [0.05, 0.1) is 0 Å². The van der Waals surface area contributed by atoms with Crippen LogP contribution >= 0.6 is 0 Å². The zero-order valence-corrected chi connectivity index (χ0v) is 17.3. The summed E-state index contributed by atoms with van der Waals surface area (Å²) in [4.78, 5) is -1.56. The zero-order chi connectivity index (χ0) is 18.7. The van der Waals surface area contributed by atoms with Crippen LogP contribution in [0.3, 0.4) is 0 Å². The van der Waals surface area contributed by atoms with Gasteiger partial charge >= 0.3 is 0 Å². The Morgan fingerprint density at radius 2 is 1.17 bits per heavy atom. The minimum Gasteiger partial charge on any atom is -0.310 e. The molecule has 0 aromatic carbocycles. The van der Waals surface area contributed by atoms with Crippen molar-refractivity contribution >= 4 is 10.1 Å². The fourth-order valence-electron chi connectivity index (χ4n) is 3.45. The van der Waals surface area contributed by atoms with Crippen LogP contribution < -0.4 is 5.73 Å². The van der Waals surface area contributed by atoms with Gasteiger partial charge in [-0.2, -0.15) is 8.42 Å². The molecule has 0 rings (SSSR count). The van der Waals surface area contributed by atoms with Crippen molar-refractivity contribution in [3.63, 3.8) is 0 Å². The molecular formula is C19H41NO3S. The average molecular weight is 364 g/mol. The topological polar surface area (TPSA) is 80.4 Å². The van der Waals surface area contributed by atoms with E-state index in [1.807, 2.05) is 13.8 Å². The van der Waals surface area contributed by atoms with Gasteiger partial charge in [-0.25, -0.2) is 0 Å². The highest BCUT2D eigenvalue weighted by Crippen LogP contribution is 2.40. The summed E-state index contributed by atoms with van der Waals surface area (Å²) in [5.74, 6) is 0. The zero-order valence-electron chi connectivity index (χ0n) is 16.4. The number of nitrogens with two attached hydrogens (primary N) is 1. The molecule has 0 radical (unpaired) electrons. The van der Waals surface area contributed by atoms with Crippen molar-refractivity contribution in [2.24, 2.45) is 11.1 Å². The summed E-state index contributed by atoms with van der Waals surface area (Å²) >= 11 is 0. The molecule has 5 heteroatoms. The van der Waals surface area contributed by atoms with Crippen LogP contribution in [0.1, 0.15) is 111 Å². The summed E-state index contributed by atoms with van der Waals surface area (Å²) in [5.41, 5.74) is 5.41. The van der Waals surface area contributed by atoms with E-state index in [0.717, 1.165) is 12.8 Å². The van der Waals surface area contributed by atoms with Crippen molar-refractivity contribution in [2.75, 3.05) is 0 Å². The third-order valence-electron chi connectivity index (χ3n) is 5.54. The maximum atomic E-state index is 11.7. The van der Waals surface area contributed by atoms with E-state index in [9.17, 15) is 13.0 Å². The third-order valence-corrected chi connectivity index (χ3v) is 7.30. The molecule has 0 spiro atoms. The highest BCUT2D eigenvalue weighted by molar-refractivity contribution is 7.87. The summed E-state index contributed by atoms with van der Waals surface area (Å²) in [5, 5.41) is 0. The predicted molar refractivity (Wildman–Crippen MR) is 104 cm³/mol. The molecule has 0 aromatic rings. The number of unbranched alkanes of at least 4 members (excludes halogenated alkanes) is 10. The van der Waals surface area contributed by atoms with Crippen molar-refractivity contribution in [3.05, 3.63) is 0 Å². The van der Waals surface area contributed by atoms with Crippen LogP contribution in [0.4, 0.5) is 0 Å². The van der Waals surface area contributed by atoms with Gasteiger partial charge in [0.15, 0.2) is 0 Å². The van der Waals surface area contributed by atoms with Crippen LogP contribution in [-0.2, 0) is 10.1 Å². The average Bonchev–Trinajstić information content (AvgIpc) is 2.50. The second kappa shape index (κ2) is 11.5. The standard InChI is InChI=1S/C19H41NO3S/c1-5-7-8-9-10-11-12-13-14-15-16-17-18(3,4)19(20,6-2)24(21,22)23/h5-17,20H2,1-4H3,(H,21,22,23). The van der Waals surface area contributed by atoms with E-state index in [1.165, 1.54) is 57.8 Å². The second-order valence-electron chi connectivity index (χ2n) is 7.89. The van der Waals surface area contributed by atoms with Crippen LogP contribution in [0.2, 0.25) is 0 Å². The van der Waals surface area contributed by atoms with Gasteiger partial charge in [-0.05, 0) is 18.3 Å². The molecule has 146 valence electrons. The van der Waals surface area contributed by atoms with Gasteiger partial charge in [-0.3, -0.25) is 4.55 Å². The lowest BCUT2D eigenvalue weighted by molar-refractivity contribution is 0.197. The predicted octanol–water partition coefficient (Wildman–Crippen LogP) is 5.67. The van der Waals surface area contributed by atoms with E-state index >= 15 is 0 Å². The van der Waals surface area contributed by atoms with Crippen molar-refractivity contribution < 1.29 is 13.0 Å². The van der Waals surface area contributed by atoms with Crippen LogP contribution in [-0.4, -0.2) is 17.8 Å². The second-order valence-corrected chi connectivity index (χ2v) is 9.57. The van der Waals surface area contributed by atoms with Crippen molar-refractivity contribution in [1.29, 1.82) is 0 Å². The first kappa shape index (κ1) is 23.9. The molecule has 1 unspecified atom stereocenters. The van der Waals surface area contributed by atoms with E-state index in [2.05, 4.69) is 6.92 Å². The Kier molecular flexibility index (Phi) is 11.4. The SMILES string of the molecule is CCCCCCCCCCCCCC(C)(C)C(N)(CC)S(=O)(=O)O. The van der Waals surface area contributed by atoms with Crippen molar-refractivity contribution in [2.45, 2.75) is 116 Å². The molecule has 0 aromatic heterocycles. The monoisotopic (exact) mass is 363 g/mol. The smallest absolute Gasteiger partial charge is 0.284 e. The first-order valence-electron chi connectivity index (χ1n) is 9.88. The van der Waals surface area contributed by atoms with Gasteiger partial charge in [0.25, 0.3) is 10.1 Å². The Morgan fingerprint density at radius 3 is 1.50 bits per heavy atom. The molecule has 0 aliphatic carbocycles. The molecule has 4 nitrogen and oxygen atoms in total. The maximum absolute atomic E-state index is 11.7. The van der Waals surface area contributed by atoms with E-state index in [0.29, 0.717) is 6.42 Å². The van der Waals surface area contributed by atoms with Gasteiger partial charge in [0.1, 0.15) is 4.87 Å². The van der Waals surface area contributed by atoms with Crippen LogP contribution in [0.25, 0.3) is 0 Å². The summed E-state index contributed by atoms with van der Waals surface area (Å²) in [7, 11) is -4.26. The largest absolute Gasteiger partial charge is 0.310 e. The highest BCUT2D eigenvalue weighted by Gasteiger charge is 2.49. The van der Waals surface area contributed by atoms with Crippen LogP contribution in [0.5, 0.6) is 0 Å². The van der Waals surface area contributed by atoms with E-state index in [4.69, 9.17) is 5.73 Å². The molecule has 24 heavy (non-hydrogen) atoms. The normalized spacial score (nSPS) is 15.4. The fourth-order valence-corrected chi connectivity index (χ4v) is 4.62. The van der Waals surface area contributed by atoms with E-state index < -0.39 is 20.4 Å². The minimum absolute atomic E-state index is 0.219. The van der Waals surface area contributed by atoms with Gasteiger partial charge in [0, 0.05) is 0 Å². The lowest BCUT2D eigenvalue weighted by atomic mass is 9.78. The molecule has 0 fully saturated rings. The van der Waals surface area contributed by atoms with E-state index in [1.54, 1.807) is 6.92 Å². The van der Waals surface area contributed by atoms with Gasteiger partial charge in [0.2, 0.25) is 0 Å². The molecule has 0 amide bonds. The number of hydrogen-bond acceptors (Lipinski definition) is 3. The van der Waals surface area contributed by atoms with E-state index in [-0.39, 0.29) is 6.42 Å². The Balaban J connectivity index is 3.91. The minimum atomic E-state index is -4.26. The summed E-state index contributed by atoms with van der Waals surface area (Å²) in [6.45, 7) is 7.66. The quantitative estimate of drug-likeness (QED) is 0.290. The fraction of sp³-hybridized carbons (Fsp3) is 1.00. The lowest BCUT2D eigenvalue weighted by Gasteiger charge is -2.40. The van der Waals surface area contributed by atoms with Crippen LogP contribution in [0.15, 0.2) is 0 Å². The molecule has 0 aliphatic heterocycles. The first-order valence-corrected chi connectivity index (χ1v) is 11.3. The third kappa shape index (κ3) is 7.83. The molecule has 0 aliphatic rings. The Hall–Kier alpha value is -0.130. The van der Waals surface area contributed by atoms with Gasteiger partial charge in [-0.1, -0.05) is 98.3 Å².